The molecule has 3 rings (SSSR count). The number of phenolic OH excluding ortho intramolecular Hbond substituents is 1. The molecule has 0 spiro atoms. The summed E-state index contributed by atoms with van der Waals surface area (Å²) in [6.45, 7) is 4.43. The minimum Gasteiger partial charge on any atom is -0.508 e. The lowest BCUT2D eigenvalue weighted by atomic mass is 9.97. The molecule has 19 heavy (non-hydrogen) atoms. The van der Waals surface area contributed by atoms with E-state index in [2.05, 4.69) is 10.2 Å². The molecule has 1 heterocycles. The van der Waals surface area contributed by atoms with E-state index in [1.807, 2.05) is 18.2 Å². The van der Waals surface area contributed by atoms with Crippen molar-refractivity contribution < 1.29 is 5.11 Å². The highest BCUT2D eigenvalue weighted by atomic mass is 16.3. The van der Waals surface area contributed by atoms with Crippen LogP contribution in [0.25, 0.3) is 0 Å². The molecule has 1 aliphatic carbocycles. The Bertz CT molecular complexity index is 411. The van der Waals surface area contributed by atoms with Gasteiger partial charge in [0.25, 0.3) is 0 Å². The van der Waals surface area contributed by atoms with Crippen LogP contribution in [-0.2, 0) is 6.54 Å². The molecule has 1 saturated heterocycles. The largest absolute Gasteiger partial charge is 0.508 e. The summed E-state index contributed by atoms with van der Waals surface area (Å²) in [6.07, 6.45) is 5.26. The molecule has 1 aliphatic heterocycles. The van der Waals surface area contributed by atoms with E-state index in [4.69, 9.17) is 0 Å². The van der Waals surface area contributed by atoms with Crippen LogP contribution in [0.5, 0.6) is 5.75 Å². The van der Waals surface area contributed by atoms with Gasteiger partial charge < -0.3 is 10.4 Å². The first kappa shape index (κ1) is 12.9. The molecular formula is C16H24N2O. The molecule has 0 unspecified atom stereocenters. The van der Waals surface area contributed by atoms with Crippen LogP contribution in [0.1, 0.15) is 31.2 Å². The average molecular weight is 260 g/mol. The third-order valence-electron chi connectivity index (χ3n) is 4.38. The Hall–Kier alpha value is -1.06. The number of nitrogens with zero attached hydrogens (tertiary/aromatic N) is 1. The topological polar surface area (TPSA) is 35.5 Å². The van der Waals surface area contributed by atoms with Crippen LogP contribution in [0.4, 0.5) is 0 Å². The predicted octanol–water partition coefficient (Wildman–Crippen LogP) is 2.36. The Balaban J connectivity index is 1.62. The molecule has 1 aromatic rings. The fourth-order valence-electron chi connectivity index (χ4n) is 3.04. The molecule has 1 aromatic carbocycles. The van der Waals surface area contributed by atoms with Gasteiger partial charge in [0, 0.05) is 24.7 Å². The number of hydrogen-bond acceptors (Lipinski definition) is 3. The number of hydrogen-bond donors (Lipinski definition) is 2. The number of benzene rings is 1. The van der Waals surface area contributed by atoms with E-state index in [0.717, 1.165) is 24.1 Å². The lowest BCUT2D eigenvalue weighted by Crippen LogP contribution is -2.37. The van der Waals surface area contributed by atoms with Crippen LogP contribution in [0.3, 0.4) is 0 Å². The summed E-state index contributed by atoms with van der Waals surface area (Å²) >= 11 is 0. The van der Waals surface area contributed by atoms with E-state index in [1.165, 1.54) is 45.3 Å². The minimum absolute atomic E-state index is 0.443. The van der Waals surface area contributed by atoms with Crippen LogP contribution >= 0.6 is 0 Å². The van der Waals surface area contributed by atoms with E-state index >= 15 is 0 Å². The fourth-order valence-corrected chi connectivity index (χ4v) is 3.04. The van der Waals surface area contributed by atoms with Gasteiger partial charge in [0.2, 0.25) is 0 Å². The molecule has 2 aliphatic rings. The second-order valence-corrected chi connectivity index (χ2v) is 5.98. The molecule has 2 fully saturated rings. The summed E-state index contributed by atoms with van der Waals surface area (Å²) in [6, 6.07) is 8.52. The first-order valence-corrected chi connectivity index (χ1v) is 7.54. The maximum Gasteiger partial charge on any atom is 0.120 e. The number of phenols is 1. The van der Waals surface area contributed by atoms with Crippen molar-refractivity contribution in [1.29, 1.82) is 0 Å². The molecule has 2 N–H and O–H groups in total. The highest BCUT2D eigenvalue weighted by Gasteiger charge is 2.31. The Morgan fingerprint density at radius 3 is 2.53 bits per heavy atom. The van der Waals surface area contributed by atoms with Crippen molar-refractivity contribution in [2.75, 3.05) is 19.6 Å². The van der Waals surface area contributed by atoms with E-state index in [-0.39, 0.29) is 0 Å². The number of nitrogens with one attached hydrogen (secondary N) is 1. The molecule has 0 radical (unpaired) electrons. The zero-order valence-electron chi connectivity index (χ0n) is 11.5. The molecule has 1 saturated carbocycles. The van der Waals surface area contributed by atoms with Crippen LogP contribution in [-0.4, -0.2) is 35.7 Å². The van der Waals surface area contributed by atoms with Gasteiger partial charge in [0.05, 0.1) is 0 Å². The molecule has 3 heteroatoms. The van der Waals surface area contributed by atoms with Crippen molar-refractivity contribution in [1.82, 2.24) is 10.2 Å². The average Bonchev–Trinajstić information content (AvgIpc) is 3.26. The maximum atomic E-state index is 9.93. The Labute approximate surface area is 115 Å². The van der Waals surface area contributed by atoms with Crippen molar-refractivity contribution >= 4 is 0 Å². The van der Waals surface area contributed by atoms with Crippen LogP contribution in [0.2, 0.25) is 0 Å². The highest BCUT2D eigenvalue weighted by Crippen LogP contribution is 2.31. The molecule has 104 valence electrons. The molecule has 3 nitrogen and oxygen atoms in total. The molecule has 0 aromatic heterocycles. The zero-order valence-corrected chi connectivity index (χ0v) is 11.5. The van der Waals surface area contributed by atoms with E-state index < -0.39 is 0 Å². The summed E-state index contributed by atoms with van der Waals surface area (Å²) in [5, 5.41) is 13.4. The number of aromatic hydroxyl groups is 1. The molecular weight excluding hydrogens is 236 g/mol. The van der Waals surface area contributed by atoms with Crippen molar-refractivity contribution in [2.24, 2.45) is 5.92 Å². The van der Waals surface area contributed by atoms with Gasteiger partial charge in [-0.25, -0.2) is 0 Å². The van der Waals surface area contributed by atoms with Gasteiger partial charge in [-0.1, -0.05) is 18.2 Å². The third-order valence-corrected chi connectivity index (χ3v) is 4.38. The Morgan fingerprint density at radius 1 is 1.11 bits per heavy atom. The number of piperidine rings is 1. The van der Waals surface area contributed by atoms with Crippen LogP contribution < -0.4 is 5.32 Å². The van der Waals surface area contributed by atoms with E-state index in [0.29, 0.717) is 5.75 Å². The first-order chi connectivity index (χ1) is 9.33. The van der Waals surface area contributed by atoms with Gasteiger partial charge in [-0.15, -0.1) is 0 Å². The third kappa shape index (κ3) is 3.48. The standard InChI is InChI=1S/C16H24N2O/c19-16-4-2-1-3-14(16)12-18(15-5-6-15)11-13-7-9-17-10-8-13/h1-4,13,15,17,19H,5-12H2. The van der Waals surface area contributed by atoms with Crippen molar-refractivity contribution in [3.05, 3.63) is 29.8 Å². The lowest BCUT2D eigenvalue weighted by Gasteiger charge is -2.30. The van der Waals surface area contributed by atoms with Gasteiger partial charge in [-0.3, -0.25) is 4.90 Å². The Morgan fingerprint density at radius 2 is 1.84 bits per heavy atom. The molecule has 0 bridgehead atoms. The molecule has 0 amide bonds. The number of para-hydroxylation sites is 1. The lowest BCUT2D eigenvalue weighted by molar-refractivity contribution is 0.188. The van der Waals surface area contributed by atoms with E-state index in [9.17, 15) is 5.11 Å². The highest BCUT2D eigenvalue weighted by molar-refractivity contribution is 5.31. The first-order valence-electron chi connectivity index (χ1n) is 7.54. The van der Waals surface area contributed by atoms with Gasteiger partial charge in [0.1, 0.15) is 5.75 Å². The quantitative estimate of drug-likeness (QED) is 0.853. The summed E-state index contributed by atoms with van der Waals surface area (Å²) < 4.78 is 0. The van der Waals surface area contributed by atoms with Gasteiger partial charge in [-0.2, -0.15) is 0 Å². The summed E-state index contributed by atoms with van der Waals surface area (Å²) in [4.78, 5) is 2.59. The predicted molar refractivity (Wildman–Crippen MR) is 77.1 cm³/mol. The van der Waals surface area contributed by atoms with Crippen molar-refractivity contribution in [3.8, 4) is 5.75 Å². The van der Waals surface area contributed by atoms with Gasteiger partial charge in [0.15, 0.2) is 0 Å². The van der Waals surface area contributed by atoms with Crippen LogP contribution in [0, 0.1) is 5.92 Å². The summed E-state index contributed by atoms with van der Waals surface area (Å²) in [5.74, 6) is 1.27. The maximum absolute atomic E-state index is 9.93. The summed E-state index contributed by atoms with van der Waals surface area (Å²) in [7, 11) is 0. The normalized spacial score (nSPS) is 20.9. The van der Waals surface area contributed by atoms with Gasteiger partial charge >= 0.3 is 0 Å². The van der Waals surface area contributed by atoms with Crippen LogP contribution in [0.15, 0.2) is 24.3 Å². The van der Waals surface area contributed by atoms with Crippen molar-refractivity contribution in [3.63, 3.8) is 0 Å². The second-order valence-electron chi connectivity index (χ2n) is 5.98. The second kappa shape index (κ2) is 5.93. The number of rotatable bonds is 5. The smallest absolute Gasteiger partial charge is 0.120 e. The summed E-state index contributed by atoms with van der Waals surface area (Å²) in [5.41, 5.74) is 1.07. The van der Waals surface area contributed by atoms with Crippen molar-refractivity contribution in [2.45, 2.75) is 38.3 Å². The monoisotopic (exact) mass is 260 g/mol. The molecule has 0 atom stereocenters. The van der Waals surface area contributed by atoms with Gasteiger partial charge in [-0.05, 0) is 50.8 Å². The fraction of sp³-hybridized carbons (Fsp3) is 0.625. The minimum atomic E-state index is 0.443. The Kier molecular flexibility index (Phi) is 4.04. The van der Waals surface area contributed by atoms with E-state index in [1.54, 1.807) is 6.07 Å². The zero-order chi connectivity index (χ0) is 13.1. The SMILES string of the molecule is Oc1ccccc1CN(CC1CCNCC1)C1CC1.